The summed E-state index contributed by atoms with van der Waals surface area (Å²) in [5.74, 6) is 1.12. The summed E-state index contributed by atoms with van der Waals surface area (Å²) in [6.45, 7) is 1.61. The van der Waals surface area contributed by atoms with E-state index in [-0.39, 0.29) is 6.92 Å². The molecule has 0 atom stereocenters. The molecule has 0 aliphatic heterocycles. The number of rotatable bonds is 11. The third-order valence-electron chi connectivity index (χ3n) is 5.22. The Bertz CT molecular complexity index is 1080. The summed E-state index contributed by atoms with van der Waals surface area (Å²) in [6.07, 6.45) is 0.853. The monoisotopic (exact) mass is 482 g/mol. The fourth-order valence-electron chi connectivity index (χ4n) is 3.61. The molecule has 36 heavy (non-hydrogen) atoms. The van der Waals surface area contributed by atoms with Crippen LogP contribution in [0.2, 0.25) is 0 Å². The summed E-state index contributed by atoms with van der Waals surface area (Å²) in [4.78, 5) is 0. The average molecular weight is 482 g/mol. The van der Waals surface area contributed by atoms with Gasteiger partial charge < -0.3 is 30.5 Å². The van der Waals surface area contributed by atoms with Crippen LogP contribution in [0.4, 0.5) is 0 Å². The summed E-state index contributed by atoms with van der Waals surface area (Å²) in [7, 11) is -1.30. The van der Waals surface area contributed by atoms with Gasteiger partial charge in [0.05, 0.1) is 0 Å². The lowest BCUT2D eigenvalue weighted by atomic mass is 9.54. The van der Waals surface area contributed by atoms with Crippen LogP contribution < -0.4 is 31.7 Å². The molecule has 4 rings (SSSR count). The molecule has 4 aromatic carbocycles. The Kier molecular flexibility index (Phi) is 11.6. The van der Waals surface area contributed by atoms with Crippen molar-refractivity contribution in [1.29, 1.82) is 0 Å². The van der Waals surface area contributed by atoms with E-state index in [2.05, 4.69) is 24.3 Å². The van der Waals surface area contributed by atoms with E-state index in [1.165, 1.54) is 11.0 Å². The van der Waals surface area contributed by atoms with Gasteiger partial charge in [-0.05, 0) is 53.7 Å². The van der Waals surface area contributed by atoms with E-state index in [4.69, 9.17) is 25.4 Å². The van der Waals surface area contributed by atoms with E-state index in [0.29, 0.717) is 31.2 Å². The lowest BCUT2D eigenvalue weighted by Crippen LogP contribution is -2.47. The Hall–Kier alpha value is -3.55. The molecule has 0 amide bonds. The molecule has 0 aliphatic carbocycles. The lowest BCUT2D eigenvalue weighted by molar-refractivity contribution is 0.298. The summed E-state index contributed by atoms with van der Waals surface area (Å²) in [5, 5.41) is 9.51. The number of para-hydroxylation sites is 2. The highest BCUT2D eigenvalue weighted by Gasteiger charge is 2.23. The first-order valence-electron chi connectivity index (χ1n) is 12.0. The van der Waals surface area contributed by atoms with Gasteiger partial charge in [-0.3, -0.25) is 0 Å². The zero-order chi connectivity index (χ0) is 25.4. The van der Waals surface area contributed by atoms with Crippen molar-refractivity contribution in [3.63, 3.8) is 0 Å². The summed E-state index contributed by atoms with van der Waals surface area (Å²) >= 11 is 0. The second-order valence-electron chi connectivity index (χ2n) is 7.86. The van der Waals surface area contributed by atoms with Gasteiger partial charge >= 0.3 is 14.2 Å². The van der Waals surface area contributed by atoms with Crippen molar-refractivity contribution in [2.75, 3.05) is 19.7 Å². The number of benzene rings is 4. The van der Waals surface area contributed by atoms with Gasteiger partial charge in [0.1, 0.15) is 11.5 Å². The van der Waals surface area contributed by atoms with Gasteiger partial charge in [-0.2, -0.15) is 0 Å². The molecule has 0 fully saturated rings. The van der Waals surface area contributed by atoms with E-state index in [1.807, 2.05) is 66.7 Å². The van der Waals surface area contributed by atoms with Crippen molar-refractivity contribution in [3.05, 3.63) is 121 Å². The number of hydrogen-bond donors (Lipinski definition) is 3. The van der Waals surface area contributed by atoms with Crippen molar-refractivity contribution in [3.8, 4) is 11.5 Å². The molecule has 0 heterocycles. The van der Waals surface area contributed by atoms with Gasteiger partial charge in [-0.15, -0.1) is 0 Å². The second kappa shape index (κ2) is 15.4. The SMILES string of the molecule is NCCOB(c1ccccc1)c1ccccc1CCN.OB(Oc1ccccc1)Oc1ccccc1. The molecule has 0 aliphatic rings. The zero-order valence-electron chi connectivity index (χ0n) is 20.3. The highest BCUT2D eigenvalue weighted by molar-refractivity contribution is 6.80. The van der Waals surface area contributed by atoms with Crippen LogP contribution in [0.15, 0.2) is 115 Å². The van der Waals surface area contributed by atoms with Gasteiger partial charge in [0.25, 0.3) is 0 Å². The van der Waals surface area contributed by atoms with Crippen molar-refractivity contribution >= 4 is 25.2 Å². The molecule has 0 aromatic heterocycles. The quantitative estimate of drug-likeness (QED) is 0.284. The molecule has 5 N–H and O–H groups in total. The van der Waals surface area contributed by atoms with Crippen LogP contribution >= 0.6 is 0 Å². The standard InChI is InChI=1S/C16H21BN2O.C12H11BO3/c18-11-10-14-6-4-5-9-16(14)17(20-13-12-19)15-7-2-1-3-8-15;14-13(15-11-7-3-1-4-8-11)16-12-9-5-2-6-10-12/h1-9H,10-13,18-19H2;1-10,14H. The van der Waals surface area contributed by atoms with E-state index in [0.717, 1.165) is 11.9 Å². The zero-order valence-corrected chi connectivity index (χ0v) is 20.3. The highest BCUT2D eigenvalue weighted by atomic mass is 16.7. The Morgan fingerprint density at radius 3 is 1.64 bits per heavy atom. The maximum atomic E-state index is 9.51. The van der Waals surface area contributed by atoms with E-state index < -0.39 is 7.32 Å². The van der Waals surface area contributed by atoms with Crippen LogP contribution in [0.3, 0.4) is 0 Å². The highest BCUT2D eigenvalue weighted by Crippen LogP contribution is 2.13. The van der Waals surface area contributed by atoms with E-state index >= 15 is 0 Å². The van der Waals surface area contributed by atoms with Crippen LogP contribution in [0, 0.1) is 0 Å². The van der Waals surface area contributed by atoms with Crippen molar-refractivity contribution < 1.29 is 19.0 Å². The van der Waals surface area contributed by atoms with Crippen LogP contribution in [0.25, 0.3) is 0 Å². The summed E-state index contributed by atoms with van der Waals surface area (Å²) in [5.41, 5.74) is 14.9. The third-order valence-corrected chi connectivity index (χ3v) is 5.22. The van der Waals surface area contributed by atoms with Gasteiger partial charge in [-0.1, -0.05) is 91.0 Å². The number of nitrogens with two attached hydrogens (primary N) is 2. The predicted octanol–water partition coefficient (Wildman–Crippen LogP) is 2.39. The lowest BCUT2D eigenvalue weighted by Gasteiger charge is -2.18. The Labute approximate surface area is 214 Å². The summed E-state index contributed by atoms with van der Waals surface area (Å²) < 4.78 is 16.3. The molecule has 0 unspecified atom stereocenters. The molecule has 0 radical (unpaired) electrons. The fraction of sp³-hybridized carbons (Fsp3) is 0.143. The average Bonchev–Trinajstić information content (AvgIpc) is 2.92. The number of hydrogen-bond acceptors (Lipinski definition) is 6. The molecule has 6 nitrogen and oxygen atoms in total. The topological polar surface area (TPSA) is 100.0 Å². The Balaban J connectivity index is 0.000000205. The Morgan fingerprint density at radius 1 is 0.611 bits per heavy atom. The normalized spacial score (nSPS) is 10.1. The minimum atomic E-state index is -1.30. The maximum absolute atomic E-state index is 9.51. The third kappa shape index (κ3) is 8.91. The smallest absolute Gasteiger partial charge is 0.501 e. The fourth-order valence-corrected chi connectivity index (χ4v) is 3.61. The first-order valence-corrected chi connectivity index (χ1v) is 12.0. The molecule has 184 valence electrons. The molecule has 4 aromatic rings. The Morgan fingerprint density at radius 2 is 1.11 bits per heavy atom. The molecular formula is C28H32B2N2O4. The van der Waals surface area contributed by atoms with E-state index in [9.17, 15) is 5.02 Å². The van der Waals surface area contributed by atoms with Gasteiger partial charge in [0, 0.05) is 13.2 Å². The maximum Gasteiger partial charge on any atom is 0.785 e. The first kappa shape index (κ1) is 27.0. The van der Waals surface area contributed by atoms with Crippen LogP contribution in [-0.4, -0.2) is 39.0 Å². The predicted molar refractivity (Wildman–Crippen MR) is 148 cm³/mol. The minimum absolute atomic E-state index is 0.0810. The molecule has 8 heteroatoms. The molecule has 0 saturated heterocycles. The largest absolute Gasteiger partial charge is 0.785 e. The van der Waals surface area contributed by atoms with Crippen molar-refractivity contribution in [2.45, 2.75) is 6.42 Å². The molecule has 0 bridgehead atoms. The van der Waals surface area contributed by atoms with Crippen LogP contribution in [-0.2, 0) is 11.1 Å². The van der Waals surface area contributed by atoms with Crippen LogP contribution in [0.1, 0.15) is 5.56 Å². The van der Waals surface area contributed by atoms with Crippen LogP contribution in [0.5, 0.6) is 11.5 Å². The van der Waals surface area contributed by atoms with Gasteiger partial charge in [0.15, 0.2) is 0 Å². The van der Waals surface area contributed by atoms with E-state index in [1.54, 1.807) is 24.3 Å². The molecular weight excluding hydrogens is 450 g/mol. The summed E-state index contributed by atoms with van der Waals surface area (Å²) in [6, 6.07) is 36.6. The second-order valence-corrected chi connectivity index (χ2v) is 7.86. The van der Waals surface area contributed by atoms with Crippen molar-refractivity contribution in [1.82, 2.24) is 0 Å². The molecule has 0 saturated carbocycles. The van der Waals surface area contributed by atoms with Gasteiger partial charge in [0.2, 0.25) is 0 Å². The van der Waals surface area contributed by atoms with Gasteiger partial charge in [-0.25, -0.2) is 0 Å². The molecule has 0 spiro atoms. The minimum Gasteiger partial charge on any atom is -0.501 e. The first-order chi connectivity index (χ1) is 17.7. The van der Waals surface area contributed by atoms with Crippen molar-refractivity contribution in [2.24, 2.45) is 11.5 Å².